The molecule has 0 aromatic rings. The van der Waals surface area contributed by atoms with Gasteiger partial charge in [0.05, 0.1) is 0 Å². The Bertz CT molecular complexity index is 41.4. The van der Waals surface area contributed by atoms with Crippen molar-refractivity contribution in [3.05, 3.63) is 18.3 Å². The molecule has 0 heterocycles. The van der Waals surface area contributed by atoms with Crippen LogP contribution in [-0.2, 0) is 0 Å². The summed E-state index contributed by atoms with van der Waals surface area (Å²) in [7, 11) is 0.0496. The fourth-order valence-corrected chi connectivity index (χ4v) is 1.32. The molecule has 0 nitrogen and oxygen atoms in total. The second-order valence-corrected chi connectivity index (χ2v) is 3.23. The molecule has 41 valence electrons. The van der Waals surface area contributed by atoms with E-state index in [2.05, 4.69) is 25.2 Å². The first-order valence-corrected chi connectivity index (χ1v) is 4.47. The molecule has 0 rings (SSSR count). The van der Waals surface area contributed by atoms with Crippen LogP contribution < -0.4 is 0 Å². The predicted molar refractivity (Wildman–Crippen MR) is 37.9 cm³/mol. The number of hydrogen-bond acceptors (Lipinski definition) is 0. The van der Waals surface area contributed by atoms with Gasteiger partial charge in [-0.05, 0) is 6.04 Å². The van der Waals surface area contributed by atoms with Gasteiger partial charge in [-0.2, -0.15) is 0 Å². The first-order valence-electron chi connectivity index (χ1n) is 2.84. The molecule has 1 radical (unpaired) electrons. The van der Waals surface area contributed by atoms with Gasteiger partial charge in [0.2, 0.25) is 0 Å². The lowest BCUT2D eigenvalue weighted by Crippen LogP contribution is -1.83. The fourth-order valence-electron chi connectivity index (χ4n) is 0.440. The van der Waals surface area contributed by atoms with Crippen LogP contribution in [0.2, 0.25) is 0 Å². The maximum atomic E-state index is 3.66. The normalized spacial score (nSPS) is 10.4. The Morgan fingerprint density at radius 1 is 1.71 bits per heavy atom. The lowest BCUT2D eigenvalue weighted by Gasteiger charge is -1.86. The highest BCUT2D eigenvalue weighted by molar-refractivity contribution is 6.46. The SMILES string of the molecule is C=C[SiH2][CH]CCC. The minimum Gasteiger partial charge on any atom is -0.108 e. The van der Waals surface area contributed by atoms with Gasteiger partial charge in [-0.1, -0.05) is 19.8 Å². The summed E-state index contributed by atoms with van der Waals surface area (Å²) in [6.07, 6.45) is 2.58. The predicted octanol–water partition coefficient (Wildman–Crippen LogP) is 1.26. The Morgan fingerprint density at radius 3 is 2.86 bits per heavy atom. The maximum Gasteiger partial charge on any atom is 0.0477 e. The third-order valence-corrected chi connectivity index (χ3v) is 1.90. The van der Waals surface area contributed by atoms with Crippen LogP contribution in [-0.4, -0.2) is 9.52 Å². The third kappa shape index (κ3) is 5.96. The van der Waals surface area contributed by atoms with E-state index in [1.807, 2.05) is 0 Å². The largest absolute Gasteiger partial charge is 0.108 e. The van der Waals surface area contributed by atoms with Crippen LogP contribution in [0.3, 0.4) is 0 Å². The van der Waals surface area contributed by atoms with E-state index in [0.29, 0.717) is 0 Å². The molecule has 0 aliphatic rings. The highest BCUT2D eigenvalue weighted by Gasteiger charge is 1.79. The van der Waals surface area contributed by atoms with Crippen molar-refractivity contribution in [1.82, 2.24) is 0 Å². The molecule has 0 aliphatic carbocycles. The Morgan fingerprint density at radius 2 is 2.43 bits per heavy atom. The summed E-state index contributed by atoms with van der Waals surface area (Å²) < 4.78 is 0. The number of hydrogen-bond donors (Lipinski definition) is 0. The molecule has 0 saturated heterocycles. The highest BCUT2D eigenvalue weighted by atomic mass is 28.2. The van der Waals surface area contributed by atoms with Gasteiger partial charge >= 0.3 is 0 Å². The molecule has 1 heteroatoms. The van der Waals surface area contributed by atoms with E-state index in [4.69, 9.17) is 0 Å². The molecular formula is C6H13Si. The van der Waals surface area contributed by atoms with Gasteiger partial charge in [-0.3, -0.25) is 0 Å². The van der Waals surface area contributed by atoms with Crippen molar-refractivity contribution in [2.75, 3.05) is 0 Å². The van der Waals surface area contributed by atoms with E-state index >= 15 is 0 Å². The minimum atomic E-state index is 0.0496. The van der Waals surface area contributed by atoms with Gasteiger partial charge in [-0.25, -0.2) is 0 Å². The summed E-state index contributed by atoms with van der Waals surface area (Å²) in [4.78, 5) is 0. The Kier molecular flexibility index (Phi) is 5.92. The van der Waals surface area contributed by atoms with Crippen LogP contribution in [0.15, 0.2) is 12.3 Å². The molecule has 0 N–H and O–H groups in total. The van der Waals surface area contributed by atoms with E-state index in [0.717, 1.165) is 0 Å². The summed E-state index contributed by atoms with van der Waals surface area (Å²) in [6, 6.07) is 2.38. The quantitative estimate of drug-likeness (QED) is 0.380. The van der Waals surface area contributed by atoms with Gasteiger partial charge in [0, 0.05) is 9.52 Å². The molecule has 0 fully saturated rings. The van der Waals surface area contributed by atoms with Crippen molar-refractivity contribution in [2.24, 2.45) is 0 Å². The van der Waals surface area contributed by atoms with Crippen molar-refractivity contribution in [3.8, 4) is 0 Å². The van der Waals surface area contributed by atoms with Crippen molar-refractivity contribution >= 4 is 9.52 Å². The van der Waals surface area contributed by atoms with Gasteiger partial charge in [0.1, 0.15) is 0 Å². The first-order chi connectivity index (χ1) is 3.41. The van der Waals surface area contributed by atoms with Crippen molar-refractivity contribution in [1.29, 1.82) is 0 Å². The van der Waals surface area contributed by atoms with Crippen LogP contribution in [0.4, 0.5) is 0 Å². The van der Waals surface area contributed by atoms with Crippen LogP contribution in [0, 0.1) is 6.04 Å². The van der Waals surface area contributed by atoms with Crippen LogP contribution in [0.1, 0.15) is 19.8 Å². The van der Waals surface area contributed by atoms with Crippen LogP contribution in [0.5, 0.6) is 0 Å². The lowest BCUT2D eigenvalue weighted by molar-refractivity contribution is 0.940. The summed E-state index contributed by atoms with van der Waals surface area (Å²) >= 11 is 0. The summed E-state index contributed by atoms with van der Waals surface area (Å²) in [5.74, 6) is 0. The molecule has 0 aliphatic heterocycles. The maximum absolute atomic E-state index is 3.66. The fraction of sp³-hybridized carbons (Fsp3) is 0.500. The first kappa shape index (κ1) is 6.96. The van der Waals surface area contributed by atoms with E-state index < -0.39 is 0 Å². The lowest BCUT2D eigenvalue weighted by atomic mass is 10.4. The second-order valence-electron chi connectivity index (χ2n) is 1.60. The zero-order valence-electron chi connectivity index (χ0n) is 4.98. The topological polar surface area (TPSA) is 0 Å². The van der Waals surface area contributed by atoms with Gasteiger partial charge < -0.3 is 0 Å². The zero-order chi connectivity index (χ0) is 5.54. The molecule has 0 aromatic carbocycles. The average Bonchev–Trinajstić information content (AvgIpc) is 1.69. The Labute approximate surface area is 48.4 Å². The molecular weight excluding hydrogens is 100 g/mol. The molecule has 0 saturated carbocycles. The van der Waals surface area contributed by atoms with Crippen molar-refractivity contribution < 1.29 is 0 Å². The molecule has 0 amide bonds. The van der Waals surface area contributed by atoms with Crippen molar-refractivity contribution in [3.63, 3.8) is 0 Å². The Hall–Kier alpha value is -0.0431. The summed E-state index contributed by atoms with van der Waals surface area (Å²) in [5.41, 5.74) is 2.07. The highest BCUT2D eigenvalue weighted by Crippen LogP contribution is 1.88. The van der Waals surface area contributed by atoms with Crippen molar-refractivity contribution in [2.45, 2.75) is 19.8 Å². The molecule has 0 bridgehead atoms. The minimum absolute atomic E-state index is 0.0496. The standard InChI is InChI=1S/C6H13Si/c1-3-5-6-7-4-2/h4,6H,2-3,5,7H2,1H3. The Balaban J connectivity index is 2.56. The van der Waals surface area contributed by atoms with E-state index in [1.54, 1.807) is 0 Å². The monoisotopic (exact) mass is 113 g/mol. The number of unbranched alkanes of at least 4 members (excludes halogenated alkanes) is 1. The van der Waals surface area contributed by atoms with Gasteiger partial charge in [-0.15, -0.1) is 12.3 Å². The van der Waals surface area contributed by atoms with E-state index in [-0.39, 0.29) is 9.52 Å². The average molecular weight is 113 g/mol. The molecule has 0 aromatic heterocycles. The smallest absolute Gasteiger partial charge is 0.0477 e. The molecule has 0 spiro atoms. The molecule has 0 unspecified atom stereocenters. The van der Waals surface area contributed by atoms with Crippen LogP contribution >= 0.6 is 0 Å². The summed E-state index contributed by atoms with van der Waals surface area (Å²) in [6.45, 7) is 5.87. The summed E-state index contributed by atoms with van der Waals surface area (Å²) in [5, 5.41) is 0. The van der Waals surface area contributed by atoms with E-state index in [9.17, 15) is 0 Å². The number of rotatable bonds is 4. The van der Waals surface area contributed by atoms with Gasteiger partial charge in [0.15, 0.2) is 0 Å². The molecule has 0 atom stereocenters. The zero-order valence-corrected chi connectivity index (χ0v) is 6.40. The molecule has 7 heavy (non-hydrogen) atoms. The van der Waals surface area contributed by atoms with Gasteiger partial charge in [0.25, 0.3) is 0 Å². The van der Waals surface area contributed by atoms with Crippen LogP contribution in [0.25, 0.3) is 0 Å². The second kappa shape index (κ2) is 5.96. The van der Waals surface area contributed by atoms with E-state index in [1.165, 1.54) is 12.8 Å². The third-order valence-electron chi connectivity index (χ3n) is 0.826.